The highest BCUT2D eigenvalue weighted by atomic mass is 35.5. The maximum absolute atomic E-state index is 12.9. The van der Waals surface area contributed by atoms with Crippen LogP contribution in [0.2, 0.25) is 5.02 Å². The van der Waals surface area contributed by atoms with Gasteiger partial charge >= 0.3 is 6.18 Å². The number of benzene rings is 1. The molecule has 2 amide bonds. The van der Waals surface area contributed by atoms with Crippen molar-refractivity contribution in [2.75, 3.05) is 38.6 Å². The molecule has 0 radical (unpaired) electrons. The van der Waals surface area contributed by atoms with Crippen LogP contribution in [0, 0.1) is 0 Å². The number of nitrogens with one attached hydrogen (secondary N) is 1. The SMILES string of the molecule is COC(C)C(=O)N1CCN(S(=O)(=O)c2ccc(NC(=O)[C@@](C)(O)C(F)(F)F)c(Cl)c2)CC1. The molecule has 2 atom stereocenters. The second-order valence-electron chi connectivity index (χ2n) is 7.27. The van der Waals surface area contributed by atoms with Crippen LogP contribution in [0.5, 0.6) is 0 Å². The average Bonchev–Trinajstić information content (AvgIpc) is 2.73. The Balaban J connectivity index is 2.14. The number of nitrogens with zero attached hydrogens (tertiary/aromatic N) is 2. The molecule has 1 heterocycles. The summed E-state index contributed by atoms with van der Waals surface area (Å²) in [5, 5.41) is 10.9. The first kappa shape index (κ1) is 26.3. The molecule has 1 unspecified atom stereocenters. The van der Waals surface area contributed by atoms with Crippen molar-refractivity contribution in [3.63, 3.8) is 0 Å². The number of hydrogen-bond donors (Lipinski definition) is 2. The van der Waals surface area contributed by atoms with Crippen LogP contribution in [0.15, 0.2) is 23.1 Å². The fourth-order valence-electron chi connectivity index (χ4n) is 2.79. The third kappa shape index (κ3) is 5.34. The Morgan fingerprint density at radius 2 is 1.78 bits per heavy atom. The summed E-state index contributed by atoms with van der Waals surface area (Å²) in [6.07, 6.45) is -5.88. The zero-order valence-corrected chi connectivity index (χ0v) is 19.0. The zero-order chi connectivity index (χ0) is 24.5. The van der Waals surface area contributed by atoms with Gasteiger partial charge in [-0.2, -0.15) is 17.5 Å². The summed E-state index contributed by atoms with van der Waals surface area (Å²) in [5.41, 5.74) is -3.97. The van der Waals surface area contributed by atoms with Gasteiger partial charge in [0.2, 0.25) is 15.6 Å². The number of sulfonamides is 1. The molecule has 1 saturated heterocycles. The average molecular weight is 502 g/mol. The minimum atomic E-state index is -5.22. The van der Waals surface area contributed by atoms with Crippen molar-refractivity contribution in [3.8, 4) is 0 Å². The lowest BCUT2D eigenvalue weighted by atomic mass is 10.1. The molecule has 0 saturated carbocycles. The Kier molecular flexibility index (Phi) is 7.83. The van der Waals surface area contributed by atoms with E-state index in [4.69, 9.17) is 16.3 Å². The number of ether oxygens (including phenoxy) is 1. The second kappa shape index (κ2) is 9.51. The van der Waals surface area contributed by atoms with E-state index < -0.39 is 33.8 Å². The minimum absolute atomic E-state index is 0.0229. The zero-order valence-electron chi connectivity index (χ0n) is 17.4. The van der Waals surface area contributed by atoms with Crippen LogP contribution in [-0.4, -0.2) is 85.7 Å². The Labute approximate surface area is 188 Å². The normalized spacial score (nSPS) is 18.7. The number of methoxy groups -OCH3 is 1. The van der Waals surface area contributed by atoms with Gasteiger partial charge in [-0.3, -0.25) is 9.59 Å². The van der Waals surface area contributed by atoms with Crippen LogP contribution in [0.1, 0.15) is 13.8 Å². The molecule has 1 fully saturated rings. The molecule has 1 aliphatic rings. The molecule has 9 nitrogen and oxygen atoms in total. The van der Waals surface area contributed by atoms with Gasteiger partial charge in [0.1, 0.15) is 6.10 Å². The number of carbonyl (C=O) groups excluding carboxylic acids is 2. The molecule has 32 heavy (non-hydrogen) atoms. The lowest BCUT2D eigenvalue weighted by Crippen LogP contribution is -2.52. The number of anilines is 1. The highest BCUT2D eigenvalue weighted by Gasteiger charge is 2.55. The maximum Gasteiger partial charge on any atom is 0.426 e. The van der Waals surface area contributed by atoms with E-state index in [1.54, 1.807) is 6.92 Å². The number of alkyl halides is 3. The van der Waals surface area contributed by atoms with Crippen LogP contribution >= 0.6 is 11.6 Å². The molecule has 1 aromatic rings. The third-order valence-corrected chi connectivity index (χ3v) is 7.28. The molecule has 2 N–H and O–H groups in total. The number of hydrogen-bond acceptors (Lipinski definition) is 6. The molecule has 0 bridgehead atoms. The molecule has 1 aliphatic heterocycles. The lowest BCUT2D eigenvalue weighted by Gasteiger charge is -2.35. The van der Waals surface area contributed by atoms with Gasteiger partial charge in [-0.1, -0.05) is 11.6 Å². The number of aliphatic hydroxyl groups is 1. The number of amides is 2. The first-order chi connectivity index (χ1) is 14.6. The topological polar surface area (TPSA) is 116 Å². The van der Waals surface area contributed by atoms with Crippen LogP contribution in [0.4, 0.5) is 18.9 Å². The highest BCUT2D eigenvalue weighted by Crippen LogP contribution is 2.33. The van der Waals surface area contributed by atoms with Gasteiger partial charge in [-0.05, 0) is 32.0 Å². The summed E-state index contributed by atoms with van der Waals surface area (Å²) in [5.74, 6) is -2.03. The summed E-state index contributed by atoms with van der Waals surface area (Å²) in [6, 6.07) is 3.09. The molecule has 0 aromatic heterocycles. The summed E-state index contributed by atoms with van der Waals surface area (Å²) in [6.45, 7) is 2.22. The number of rotatable bonds is 6. The van der Waals surface area contributed by atoms with E-state index in [2.05, 4.69) is 0 Å². The van der Waals surface area contributed by atoms with Crippen molar-refractivity contribution in [1.29, 1.82) is 0 Å². The summed E-state index contributed by atoms with van der Waals surface area (Å²) >= 11 is 5.97. The fraction of sp³-hybridized carbons (Fsp3) is 0.556. The van der Waals surface area contributed by atoms with Crippen molar-refractivity contribution in [3.05, 3.63) is 23.2 Å². The van der Waals surface area contributed by atoms with E-state index >= 15 is 0 Å². The Morgan fingerprint density at radius 3 is 2.25 bits per heavy atom. The second-order valence-corrected chi connectivity index (χ2v) is 9.62. The van der Waals surface area contributed by atoms with Crippen LogP contribution < -0.4 is 5.32 Å². The van der Waals surface area contributed by atoms with Crippen molar-refractivity contribution < 1.29 is 41.0 Å². The highest BCUT2D eigenvalue weighted by molar-refractivity contribution is 7.89. The standard InChI is InChI=1S/C18H23ClF3N3O6S/c1-11(31-3)15(26)24-6-8-25(9-7-24)32(29,30)12-4-5-14(13(19)10-12)23-16(27)17(2,28)18(20,21)22/h4-5,10-11,28H,6-9H2,1-3H3,(H,23,27)/t11?,17-/m1/s1. The van der Waals surface area contributed by atoms with Crippen LogP contribution in [-0.2, 0) is 24.3 Å². The quantitative estimate of drug-likeness (QED) is 0.609. The van der Waals surface area contributed by atoms with Gasteiger partial charge in [0.05, 0.1) is 15.6 Å². The molecular formula is C18H23ClF3N3O6S. The molecule has 1 aromatic carbocycles. The third-order valence-electron chi connectivity index (χ3n) is 5.07. The summed E-state index contributed by atoms with van der Waals surface area (Å²) in [4.78, 5) is 25.2. The Hall–Kier alpha value is -1.93. The van der Waals surface area contributed by atoms with E-state index in [0.29, 0.717) is 0 Å². The van der Waals surface area contributed by atoms with Crippen molar-refractivity contribution in [1.82, 2.24) is 9.21 Å². The first-order valence-electron chi connectivity index (χ1n) is 9.34. The van der Waals surface area contributed by atoms with E-state index in [0.717, 1.165) is 22.5 Å². The van der Waals surface area contributed by atoms with E-state index in [1.165, 1.54) is 12.0 Å². The predicted octanol–water partition coefficient (Wildman–Crippen LogP) is 1.46. The van der Waals surface area contributed by atoms with Crippen molar-refractivity contribution in [2.24, 2.45) is 0 Å². The maximum atomic E-state index is 12.9. The summed E-state index contributed by atoms with van der Waals surface area (Å²) < 4.78 is 70.3. The summed E-state index contributed by atoms with van der Waals surface area (Å²) in [7, 11) is -2.63. The first-order valence-corrected chi connectivity index (χ1v) is 11.2. The van der Waals surface area contributed by atoms with Gasteiger partial charge < -0.3 is 20.1 Å². The van der Waals surface area contributed by atoms with E-state index in [1.807, 2.05) is 5.32 Å². The molecule has 180 valence electrons. The fourth-order valence-corrected chi connectivity index (χ4v) is 4.53. The van der Waals surface area contributed by atoms with Crippen LogP contribution in [0.3, 0.4) is 0 Å². The minimum Gasteiger partial charge on any atom is -0.373 e. The molecular weight excluding hydrogens is 479 g/mol. The molecule has 2 rings (SSSR count). The van der Waals surface area contributed by atoms with Gasteiger partial charge in [0, 0.05) is 33.3 Å². The van der Waals surface area contributed by atoms with E-state index in [-0.39, 0.29) is 54.6 Å². The van der Waals surface area contributed by atoms with Crippen molar-refractivity contribution >= 4 is 39.1 Å². The molecule has 14 heteroatoms. The monoisotopic (exact) mass is 501 g/mol. The van der Waals surface area contributed by atoms with E-state index in [9.17, 15) is 36.3 Å². The Morgan fingerprint density at radius 1 is 1.22 bits per heavy atom. The van der Waals surface area contributed by atoms with Crippen molar-refractivity contribution in [2.45, 2.75) is 36.6 Å². The van der Waals surface area contributed by atoms with Gasteiger partial charge in [0.25, 0.3) is 11.8 Å². The van der Waals surface area contributed by atoms with Gasteiger partial charge in [-0.15, -0.1) is 0 Å². The number of carbonyl (C=O) groups is 2. The number of piperazine rings is 1. The molecule has 0 aliphatic carbocycles. The predicted molar refractivity (Wildman–Crippen MR) is 109 cm³/mol. The van der Waals surface area contributed by atoms with Gasteiger partial charge in [-0.25, -0.2) is 8.42 Å². The lowest BCUT2D eigenvalue weighted by molar-refractivity contribution is -0.242. The van der Waals surface area contributed by atoms with Crippen LogP contribution in [0.25, 0.3) is 0 Å². The smallest absolute Gasteiger partial charge is 0.373 e. The Bertz CT molecular complexity index is 979. The number of halogens is 4. The van der Waals surface area contributed by atoms with Gasteiger partial charge in [0.15, 0.2) is 0 Å². The molecule has 0 spiro atoms. The largest absolute Gasteiger partial charge is 0.426 e.